The van der Waals surface area contributed by atoms with Crippen molar-refractivity contribution in [2.75, 3.05) is 0 Å². The van der Waals surface area contributed by atoms with Gasteiger partial charge in [-0.2, -0.15) is 18.3 Å². The topological polar surface area (TPSA) is 38.0 Å². The van der Waals surface area contributed by atoms with Crippen molar-refractivity contribution in [1.82, 2.24) is 9.78 Å². The average Bonchev–Trinajstić information content (AvgIpc) is 3.01. The van der Waals surface area contributed by atoms with E-state index in [0.29, 0.717) is 17.6 Å². The van der Waals surface area contributed by atoms with Crippen LogP contribution >= 0.6 is 0 Å². The number of nitrogens with zero attached hydrogens (tertiary/aromatic N) is 2. The lowest BCUT2D eigenvalue weighted by atomic mass is 10.00. The number of hydrogen-bond acceptors (Lipinski definition) is 2. The fourth-order valence-electron chi connectivity index (χ4n) is 3.88. The number of benzene rings is 3. The number of phenols is 1. The summed E-state index contributed by atoms with van der Waals surface area (Å²) in [6.07, 6.45) is -4.50. The summed E-state index contributed by atoms with van der Waals surface area (Å²) in [5.74, 6) is 0.108. The van der Waals surface area contributed by atoms with Crippen LogP contribution < -0.4 is 0 Å². The third-order valence-electron chi connectivity index (χ3n) is 5.36. The maximum absolute atomic E-state index is 13.6. The molecular formula is C24H21F3N2O. The first-order valence-corrected chi connectivity index (χ1v) is 9.58. The Kier molecular flexibility index (Phi) is 4.80. The molecule has 0 saturated carbocycles. The van der Waals surface area contributed by atoms with Crippen LogP contribution in [0.5, 0.6) is 5.75 Å². The lowest BCUT2D eigenvalue weighted by Crippen LogP contribution is -2.07. The largest absolute Gasteiger partial charge is 0.508 e. The van der Waals surface area contributed by atoms with Crippen LogP contribution in [0.1, 0.15) is 27.8 Å². The van der Waals surface area contributed by atoms with E-state index in [4.69, 9.17) is 0 Å². The quantitative estimate of drug-likeness (QED) is 0.424. The van der Waals surface area contributed by atoms with Crippen LogP contribution in [0.3, 0.4) is 0 Å². The molecule has 0 unspecified atom stereocenters. The Morgan fingerprint density at radius 2 is 1.70 bits per heavy atom. The molecule has 0 aliphatic heterocycles. The van der Waals surface area contributed by atoms with Gasteiger partial charge in [0.05, 0.1) is 17.8 Å². The molecule has 3 aromatic carbocycles. The SMILES string of the molecule is Cc1ccc(Cn2nc3c(C(F)(F)F)cccc3c2-c2ccc(O)cc2C)c(C)c1. The molecule has 4 aromatic rings. The van der Waals surface area contributed by atoms with Crippen molar-refractivity contribution in [2.45, 2.75) is 33.5 Å². The van der Waals surface area contributed by atoms with Gasteiger partial charge in [-0.15, -0.1) is 0 Å². The number of aryl methyl sites for hydroxylation is 3. The van der Waals surface area contributed by atoms with Crippen LogP contribution in [-0.2, 0) is 12.7 Å². The van der Waals surface area contributed by atoms with E-state index in [1.54, 1.807) is 22.9 Å². The molecule has 1 heterocycles. The third kappa shape index (κ3) is 3.54. The molecule has 30 heavy (non-hydrogen) atoms. The first-order valence-electron chi connectivity index (χ1n) is 9.58. The standard InChI is InChI=1S/C24H21F3N2O/c1-14-7-8-17(15(2)11-14)13-29-23(19-10-9-18(30)12-16(19)3)20-5-4-6-21(22(20)28-29)24(25,26)27/h4-12,30H,13H2,1-3H3. The van der Waals surface area contributed by atoms with E-state index in [0.717, 1.165) is 33.9 Å². The van der Waals surface area contributed by atoms with E-state index in [1.165, 1.54) is 12.1 Å². The summed E-state index contributed by atoms with van der Waals surface area (Å²) in [6, 6.07) is 15.0. The zero-order valence-electron chi connectivity index (χ0n) is 16.9. The van der Waals surface area contributed by atoms with Crippen molar-refractivity contribution in [3.05, 3.63) is 82.4 Å². The van der Waals surface area contributed by atoms with E-state index in [1.807, 2.05) is 39.0 Å². The molecular weight excluding hydrogens is 389 g/mol. The highest BCUT2D eigenvalue weighted by atomic mass is 19.4. The van der Waals surface area contributed by atoms with Crippen molar-refractivity contribution in [2.24, 2.45) is 0 Å². The van der Waals surface area contributed by atoms with E-state index in [-0.39, 0.29) is 11.3 Å². The van der Waals surface area contributed by atoms with E-state index < -0.39 is 11.7 Å². The second kappa shape index (κ2) is 7.20. The minimum absolute atomic E-state index is 0.0720. The van der Waals surface area contributed by atoms with Gasteiger partial charge in [-0.05, 0) is 61.7 Å². The summed E-state index contributed by atoms with van der Waals surface area (Å²) in [4.78, 5) is 0. The van der Waals surface area contributed by atoms with Gasteiger partial charge in [-0.1, -0.05) is 35.9 Å². The van der Waals surface area contributed by atoms with Crippen LogP contribution in [0.25, 0.3) is 22.2 Å². The van der Waals surface area contributed by atoms with E-state index in [9.17, 15) is 18.3 Å². The smallest absolute Gasteiger partial charge is 0.418 e. The molecule has 0 saturated heterocycles. The molecule has 0 amide bonds. The number of hydrogen-bond donors (Lipinski definition) is 1. The number of aromatic hydroxyl groups is 1. The van der Waals surface area contributed by atoms with Gasteiger partial charge < -0.3 is 5.11 Å². The van der Waals surface area contributed by atoms with Gasteiger partial charge in [0.1, 0.15) is 11.3 Å². The van der Waals surface area contributed by atoms with Crippen molar-refractivity contribution in [1.29, 1.82) is 0 Å². The van der Waals surface area contributed by atoms with E-state index >= 15 is 0 Å². The molecule has 1 N–H and O–H groups in total. The third-order valence-corrected chi connectivity index (χ3v) is 5.36. The Hall–Kier alpha value is -3.28. The highest BCUT2D eigenvalue weighted by molar-refractivity contribution is 5.96. The monoisotopic (exact) mass is 410 g/mol. The van der Waals surface area contributed by atoms with Gasteiger partial charge in [-0.3, -0.25) is 4.68 Å². The van der Waals surface area contributed by atoms with Crippen molar-refractivity contribution in [3.63, 3.8) is 0 Å². The minimum Gasteiger partial charge on any atom is -0.508 e. The lowest BCUT2D eigenvalue weighted by molar-refractivity contribution is -0.136. The van der Waals surface area contributed by atoms with E-state index in [2.05, 4.69) is 5.10 Å². The molecule has 0 atom stereocenters. The van der Waals surface area contributed by atoms with Crippen molar-refractivity contribution >= 4 is 10.9 Å². The molecule has 0 radical (unpaired) electrons. The van der Waals surface area contributed by atoms with Crippen molar-refractivity contribution < 1.29 is 18.3 Å². The highest BCUT2D eigenvalue weighted by Gasteiger charge is 2.34. The molecule has 154 valence electrons. The molecule has 0 aliphatic carbocycles. The lowest BCUT2D eigenvalue weighted by Gasteiger charge is -2.13. The average molecular weight is 410 g/mol. The fraction of sp³-hybridized carbons (Fsp3) is 0.208. The number of halogens is 3. The van der Waals surface area contributed by atoms with Crippen LogP contribution in [0.4, 0.5) is 13.2 Å². The second-order valence-corrected chi connectivity index (χ2v) is 7.63. The molecule has 6 heteroatoms. The van der Waals surface area contributed by atoms with Gasteiger partial charge >= 0.3 is 6.18 Å². The number of alkyl halides is 3. The van der Waals surface area contributed by atoms with Gasteiger partial charge in [0.2, 0.25) is 0 Å². The normalized spacial score (nSPS) is 11.9. The van der Waals surface area contributed by atoms with Gasteiger partial charge in [-0.25, -0.2) is 0 Å². The highest BCUT2D eigenvalue weighted by Crippen LogP contribution is 2.39. The van der Waals surface area contributed by atoms with Crippen LogP contribution in [0, 0.1) is 20.8 Å². The summed E-state index contributed by atoms with van der Waals surface area (Å²) in [5, 5.41) is 14.6. The maximum Gasteiger partial charge on any atom is 0.418 e. The summed E-state index contributed by atoms with van der Waals surface area (Å²) < 4.78 is 42.6. The van der Waals surface area contributed by atoms with Crippen LogP contribution in [0.15, 0.2) is 54.6 Å². The zero-order valence-corrected chi connectivity index (χ0v) is 16.9. The number of fused-ring (bicyclic) bond motifs is 1. The number of aromatic nitrogens is 2. The Morgan fingerprint density at radius 3 is 2.37 bits per heavy atom. The number of phenolic OH excluding ortho intramolecular Hbond substituents is 1. The van der Waals surface area contributed by atoms with Gasteiger partial charge in [0.15, 0.2) is 0 Å². The minimum atomic E-state index is -4.50. The molecule has 4 rings (SSSR count). The summed E-state index contributed by atoms with van der Waals surface area (Å²) in [7, 11) is 0. The van der Waals surface area contributed by atoms with Crippen LogP contribution in [0.2, 0.25) is 0 Å². The first kappa shape index (κ1) is 20.0. The second-order valence-electron chi connectivity index (χ2n) is 7.63. The Bertz CT molecular complexity index is 1260. The molecule has 0 aliphatic rings. The van der Waals surface area contributed by atoms with Gasteiger partial charge in [0.25, 0.3) is 0 Å². The Labute approximate surface area is 172 Å². The first-order chi connectivity index (χ1) is 14.1. The predicted molar refractivity (Wildman–Crippen MR) is 112 cm³/mol. The molecule has 3 nitrogen and oxygen atoms in total. The summed E-state index contributed by atoms with van der Waals surface area (Å²) >= 11 is 0. The molecule has 1 aromatic heterocycles. The van der Waals surface area contributed by atoms with Gasteiger partial charge in [0, 0.05) is 10.9 Å². The Balaban J connectivity index is 2.00. The van der Waals surface area contributed by atoms with Crippen molar-refractivity contribution in [3.8, 4) is 17.0 Å². The Morgan fingerprint density at radius 1 is 0.933 bits per heavy atom. The number of rotatable bonds is 3. The molecule has 0 spiro atoms. The molecule has 0 bridgehead atoms. The summed E-state index contributed by atoms with van der Waals surface area (Å²) in [6.45, 7) is 6.15. The summed E-state index contributed by atoms with van der Waals surface area (Å²) in [5.41, 5.74) is 4.44. The van der Waals surface area contributed by atoms with Crippen LogP contribution in [-0.4, -0.2) is 14.9 Å². The maximum atomic E-state index is 13.6. The predicted octanol–water partition coefficient (Wildman–Crippen LogP) is 6.40. The molecule has 0 fully saturated rings. The zero-order chi connectivity index (χ0) is 21.6. The fourth-order valence-corrected chi connectivity index (χ4v) is 3.88.